The molecule has 1 heterocycles. The maximum Gasteiger partial charge on any atom is 0.220 e. The van der Waals surface area contributed by atoms with E-state index in [4.69, 9.17) is 4.74 Å². The molecule has 0 saturated heterocycles. The van der Waals surface area contributed by atoms with Crippen LogP contribution in [0, 0.1) is 0 Å². The van der Waals surface area contributed by atoms with E-state index in [0.717, 1.165) is 18.4 Å². The van der Waals surface area contributed by atoms with Gasteiger partial charge in [0, 0.05) is 36.7 Å². The normalized spacial score (nSPS) is 12.2. The molecule has 3 rings (SSSR count). The Kier molecular flexibility index (Phi) is 6.45. The summed E-state index contributed by atoms with van der Waals surface area (Å²) in [6, 6.07) is 18.3. The number of hydrogen-bond acceptors (Lipinski definition) is 2. The van der Waals surface area contributed by atoms with Crippen molar-refractivity contribution in [3.63, 3.8) is 0 Å². The summed E-state index contributed by atoms with van der Waals surface area (Å²) >= 11 is 0. The first-order valence-corrected chi connectivity index (χ1v) is 9.22. The predicted octanol–water partition coefficient (Wildman–Crippen LogP) is 4.38. The van der Waals surface area contributed by atoms with Crippen molar-refractivity contribution in [1.82, 2.24) is 10.3 Å². The Balaban J connectivity index is 1.32. The van der Waals surface area contributed by atoms with E-state index in [-0.39, 0.29) is 12.0 Å². The summed E-state index contributed by atoms with van der Waals surface area (Å²) in [6.07, 6.45) is 4.14. The third-order valence-corrected chi connectivity index (χ3v) is 4.58. The van der Waals surface area contributed by atoms with Crippen molar-refractivity contribution in [1.29, 1.82) is 0 Å². The molecule has 2 N–H and O–H groups in total. The van der Waals surface area contributed by atoms with Gasteiger partial charge in [0.05, 0.1) is 6.10 Å². The lowest BCUT2D eigenvalue weighted by Gasteiger charge is -2.13. The van der Waals surface area contributed by atoms with Crippen molar-refractivity contribution in [2.75, 3.05) is 13.2 Å². The van der Waals surface area contributed by atoms with E-state index in [0.29, 0.717) is 19.6 Å². The second kappa shape index (κ2) is 9.20. The van der Waals surface area contributed by atoms with E-state index in [9.17, 15) is 4.79 Å². The van der Waals surface area contributed by atoms with E-state index in [1.54, 1.807) is 0 Å². The van der Waals surface area contributed by atoms with E-state index in [2.05, 4.69) is 41.5 Å². The number of fused-ring (bicyclic) bond motifs is 1. The summed E-state index contributed by atoms with van der Waals surface area (Å²) in [6.45, 7) is 3.34. The Bertz CT molecular complexity index is 826. The standard InChI is InChI=1S/C22H26N2O2/c1-17(18-8-3-2-4-9-18)26-15-7-14-23-22(25)13-12-19-16-24-21-11-6-5-10-20(19)21/h2-6,8-11,16-17,24H,7,12-15H2,1H3,(H,23,25). The highest BCUT2D eigenvalue weighted by Gasteiger charge is 2.07. The molecule has 1 unspecified atom stereocenters. The molecular weight excluding hydrogens is 324 g/mol. The minimum atomic E-state index is 0.0776. The molecule has 0 saturated carbocycles. The van der Waals surface area contributed by atoms with Crippen LogP contribution in [0.4, 0.5) is 0 Å². The number of para-hydroxylation sites is 1. The molecule has 4 heteroatoms. The van der Waals surface area contributed by atoms with Gasteiger partial charge in [-0.25, -0.2) is 0 Å². The number of nitrogens with one attached hydrogen (secondary N) is 2. The van der Waals surface area contributed by atoms with E-state index in [1.807, 2.05) is 36.5 Å². The Labute approximate surface area is 154 Å². The third kappa shape index (κ3) is 4.96. The van der Waals surface area contributed by atoms with Crippen LogP contribution in [-0.4, -0.2) is 24.0 Å². The second-order valence-corrected chi connectivity index (χ2v) is 6.49. The summed E-state index contributed by atoms with van der Waals surface area (Å²) in [5.41, 5.74) is 3.48. The van der Waals surface area contributed by atoms with E-state index < -0.39 is 0 Å². The van der Waals surface area contributed by atoms with Crippen LogP contribution in [0.1, 0.15) is 37.0 Å². The second-order valence-electron chi connectivity index (χ2n) is 6.49. The number of benzene rings is 2. The molecule has 0 spiro atoms. The van der Waals surface area contributed by atoms with Gasteiger partial charge in [0.15, 0.2) is 0 Å². The largest absolute Gasteiger partial charge is 0.374 e. The number of rotatable bonds is 9. The number of amides is 1. The van der Waals surface area contributed by atoms with E-state index >= 15 is 0 Å². The Morgan fingerprint density at radius 2 is 1.88 bits per heavy atom. The van der Waals surface area contributed by atoms with Crippen LogP contribution in [0.3, 0.4) is 0 Å². The van der Waals surface area contributed by atoms with Crippen LogP contribution in [-0.2, 0) is 16.0 Å². The van der Waals surface area contributed by atoms with Crippen molar-refractivity contribution >= 4 is 16.8 Å². The van der Waals surface area contributed by atoms with Crippen molar-refractivity contribution in [3.05, 3.63) is 71.9 Å². The molecule has 2 aromatic carbocycles. The third-order valence-electron chi connectivity index (χ3n) is 4.58. The van der Waals surface area contributed by atoms with Crippen molar-refractivity contribution in [3.8, 4) is 0 Å². The topological polar surface area (TPSA) is 54.1 Å². The van der Waals surface area contributed by atoms with Gasteiger partial charge in [0.2, 0.25) is 5.91 Å². The lowest BCUT2D eigenvalue weighted by molar-refractivity contribution is -0.121. The molecule has 3 aromatic rings. The highest BCUT2D eigenvalue weighted by atomic mass is 16.5. The Hall–Kier alpha value is -2.59. The number of H-pyrrole nitrogens is 1. The van der Waals surface area contributed by atoms with Crippen LogP contribution >= 0.6 is 0 Å². The van der Waals surface area contributed by atoms with Gasteiger partial charge >= 0.3 is 0 Å². The molecule has 0 radical (unpaired) electrons. The molecule has 1 amide bonds. The van der Waals surface area contributed by atoms with Crippen molar-refractivity contribution in [2.24, 2.45) is 0 Å². The highest BCUT2D eigenvalue weighted by molar-refractivity contribution is 5.84. The summed E-state index contributed by atoms with van der Waals surface area (Å²) in [7, 11) is 0. The van der Waals surface area contributed by atoms with Gasteiger partial charge in [-0.1, -0.05) is 48.5 Å². The molecule has 1 atom stereocenters. The number of aryl methyl sites for hydroxylation is 1. The van der Waals surface area contributed by atoms with Crippen LogP contribution in [0.2, 0.25) is 0 Å². The molecule has 4 nitrogen and oxygen atoms in total. The molecule has 0 aliphatic carbocycles. The molecular formula is C22H26N2O2. The smallest absolute Gasteiger partial charge is 0.220 e. The quantitative estimate of drug-likeness (QED) is 0.563. The fraction of sp³-hybridized carbons (Fsp3) is 0.318. The first-order valence-electron chi connectivity index (χ1n) is 9.22. The molecule has 0 bridgehead atoms. The fourth-order valence-corrected chi connectivity index (χ4v) is 3.06. The SMILES string of the molecule is CC(OCCCNC(=O)CCc1c[nH]c2ccccc12)c1ccccc1. The first kappa shape index (κ1) is 18.2. The Morgan fingerprint density at radius 1 is 1.12 bits per heavy atom. The number of carbonyl (C=O) groups excluding carboxylic acids is 1. The monoisotopic (exact) mass is 350 g/mol. The summed E-state index contributed by atoms with van der Waals surface area (Å²) in [5.74, 6) is 0.0892. The average Bonchev–Trinajstić information content (AvgIpc) is 3.10. The van der Waals surface area contributed by atoms with Gasteiger partial charge in [-0.2, -0.15) is 0 Å². The number of carbonyl (C=O) groups is 1. The van der Waals surface area contributed by atoms with E-state index in [1.165, 1.54) is 16.5 Å². The minimum Gasteiger partial charge on any atom is -0.374 e. The van der Waals surface area contributed by atoms with Gasteiger partial charge < -0.3 is 15.0 Å². The zero-order chi connectivity index (χ0) is 18.2. The molecule has 0 fully saturated rings. The molecule has 0 aliphatic rings. The predicted molar refractivity (Wildman–Crippen MR) is 105 cm³/mol. The minimum absolute atomic E-state index is 0.0776. The van der Waals surface area contributed by atoms with Crippen LogP contribution in [0.5, 0.6) is 0 Å². The van der Waals surface area contributed by atoms with Gasteiger partial charge in [-0.3, -0.25) is 4.79 Å². The van der Waals surface area contributed by atoms with Gasteiger partial charge in [0.25, 0.3) is 0 Å². The zero-order valence-electron chi connectivity index (χ0n) is 15.2. The van der Waals surface area contributed by atoms with Gasteiger partial charge in [-0.05, 0) is 37.0 Å². The lowest BCUT2D eigenvalue weighted by atomic mass is 10.1. The van der Waals surface area contributed by atoms with Crippen LogP contribution in [0.25, 0.3) is 10.9 Å². The summed E-state index contributed by atoms with van der Waals surface area (Å²) < 4.78 is 5.82. The zero-order valence-corrected chi connectivity index (χ0v) is 15.2. The summed E-state index contributed by atoms with van der Waals surface area (Å²) in [4.78, 5) is 15.3. The molecule has 1 aromatic heterocycles. The highest BCUT2D eigenvalue weighted by Crippen LogP contribution is 2.19. The number of aromatic amines is 1. The average molecular weight is 350 g/mol. The maximum atomic E-state index is 12.0. The first-order chi connectivity index (χ1) is 12.7. The van der Waals surface area contributed by atoms with Crippen LogP contribution < -0.4 is 5.32 Å². The lowest BCUT2D eigenvalue weighted by Crippen LogP contribution is -2.25. The molecule has 136 valence electrons. The molecule has 26 heavy (non-hydrogen) atoms. The van der Waals surface area contributed by atoms with Gasteiger partial charge in [0.1, 0.15) is 0 Å². The number of ether oxygens (including phenoxy) is 1. The maximum absolute atomic E-state index is 12.0. The number of hydrogen-bond donors (Lipinski definition) is 2. The Morgan fingerprint density at radius 3 is 2.73 bits per heavy atom. The van der Waals surface area contributed by atoms with Crippen molar-refractivity contribution in [2.45, 2.75) is 32.3 Å². The summed E-state index contributed by atoms with van der Waals surface area (Å²) in [5, 5.41) is 4.18. The fourth-order valence-electron chi connectivity index (χ4n) is 3.06. The van der Waals surface area contributed by atoms with Gasteiger partial charge in [-0.15, -0.1) is 0 Å². The molecule has 0 aliphatic heterocycles. The van der Waals surface area contributed by atoms with Crippen molar-refractivity contribution < 1.29 is 9.53 Å². The number of aromatic nitrogens is 1. The van der Waals surface area contributed by atoms with Crippen LogP contribution in [0.15, 0.2) is 60.8 Å².